The van der Waals surface area contributed by atoms with Gasteiger partial charge in [-0.3, -0.25) is 0 Å². The van der Waals surface area contributed by atoms with E-state index in [4.69, 9.17) is 4.42 Å². The van der Waals surface area contributed by atoms with Gasteiger partial charge in [0.1, 0.15) is 0 Å². The summed E-state index contributed by atoms with van der Waals surface area (Å²) in [6.45, 7) is 2.19. The first-order chi connectivity index (χ1) is 7.22. The van der Waals surface area contributed by atoms with Crippen molar-refractivity contribution in [2.75, 3.05) is 0 Å². The minimum absolute atomic E-state index is 0.648. The van der Waals surface area contributed by atoms with Crippen LogP contribution in [0.4, 0.5) is 0 Å². The fourth-order valence-electron chi connectivity index (χ4n) is 2.16. The summed E-state index contributed by atoms with van der Waals surface area (Å²) in [5, 5.41) is 10.3. The van der Waals surface area contributed by atoms with E-state index in [1.165, 1.54) is 0 Å². The summed E-state index contributed by atoms with van der Waals surface area (Å²) in [6, 6.07) is 1.91. The van der Waals surface area contributed by atoms with Crippen LogP contribution in [0, 0.1) is 5.92 Å². The first-order valence-electron chi connectivity index (χ1n) is 5.65. The molecule has 0 radical (unpaired) electrons. The van der Waals surface area contributed by atoms with Gasteiger partial charge in [-0.1, -0.05) is 19.1 Å². The zero-order valence-corrected chi connectivity index (χ0v) is 9.15. The highest BCUT2D eigenvalue weighted by Gasteiger charge is 2.28. The van der Waals surface area contributed by atoms with Gasteiger partial charge in [0.2, 0.25) is 0 Å². The smallest absolute Gasteiger partial charge is 0.0935 e. The monoisotopic (exact) mass is 206 g/mol. The molecule has 15 heavy (non-hydrogen) atoms. The highest BCUT2D eigenvalue weighted by Crippen LogP contribution is 2.30. The van der Waals surface area contributed by atoms with Crippen molar-refractivity contribution in [2.24, 2.45) is 5.92 Å². The highest BCUT2D eigenvalue weighted by molar-refractivity contribution is 5.16. The summed E-state index contributed by atoms with van der Waals surface area (Å²) in [4.78, 5) is 0. The second-order valence-electron chi connectivity index (χ2n) is 4.48. The van der Waals surface area contributed by atoms with Gasteiger partial charge in [0.05, 0.1) is 18.1 Å². The largest absolute Gasteiger partial charge is 0.472 e. The van der Waals surface area contributed by atoms with Gasteiger partial charge in [-0.25, -0.2) is 0 Å². The van der Waals surface area contributed by atoms with Gasteiger partial charge < -0.3 is 9.52 Å². The lowest BCUT2D eigenvalue weighted by Crippen LogP contribution is -2.32. The molecule has 1 aromatic rings. The van der Waals surface area contributed by atoms with E-state index in [1.807, 2.05) is 12.1 Å². The molecular formula is C13H18O2. The minimum Gasteiger partial charge on any atom is -0.472 e. The Kier molecular flexibility index (Phi) is 2.96. The Hall–Kier alpha value is -1.02. The van der Waals surface area contributed by atoms with Crippen LogP contribution in [0.15, 0.2) is 35.2 Å². The lowest BCUT2D eigenvalue weighted by molar-refractivity contribution is 0.0686. The Bertz CT molecular complexity index is 326. The van der Waals surface area contributed by atoms with Crippen molar-refractivity contribution in [3.05, 3.63) is 36.3 Å². The maximum atomic E-state index is 10.3. The third kappa shape index (κ3) is 2.51. The predicted octanol–water partition coefficient (Wildman–Crippen LogP) is 2.93. The fourth-order valence-corrected chi connectivity index (χ4v) is 2.16. The molecule has 0 amide bonds. The van der Waals surface area contributed by atoms with Crippen LogP contribution >= 0.6 is 0 Å². The van der Waals surface area contributed by atoms with Crippen molar-refractivity contribution >= 4 is 0 Å². The van der Waals surface area contributed by atoms with Crippen LogP contribution in [0.5, 0.6) is 0 Å². The molecule has 0 spiro atoms. The average molecular weight is 206 g/mol. The molecule has 2 rings (SSSR count). The zero-order chi connectivity index (χ0) is 10.7. The van der Waals surface area contributed by atoms with E-state index in [0.29, 0.717) is 12.3 Å². The summed E-state index contributed by atoms with van der Waals surface area (Å²) in [7, 11) is 0. The molecule has 1 aliphatic rings. The molecule has 0 saturated heterocycles. The van der Waals surface area contributed by atoms with Crippen molar-refractivity contribution in [3.8, 4) is 0 Å². The summed E-state index contributed by atoms with van der Waals surface area (Å²) in [5.41, 5.74) is 0.410. The van der Waals surface area contributed by atoms with Crippen LogP contribution in [0.2, 0.25) is 0 Å². The normalized spacial score (nSPS) is 30.7. The lowest BCUT2D eigenvalue weighted by atomic mass is 9.81. The number of hydrogen-bond donors (Lipinski definition) is 1. The van der Waals surface area contributed by atoms with Gasteiger partial charge in [-0.2, -0.15) is 0 Å². The van der Waals surface area contributed by atoms with Crippen molar-refractivity contribution in [2.45, 2.75) is 38.2 Å². The summed E-state index contributed by atoms with van der Waals surface area (Å²) < 4.78 is 5.01. The van der Waals surface area contributed by atoms with Crippen molar-refractivity contribution in [1.29, 1.82) is 0 Å². The summed E-state index contributed by atoms with van der Waals surface area (Å²) >= 11 is 0. The van der Waals surface area contributed by atoms with Crippen molar-refractivity contribution in [1.82, 2.24) is 0 Å². The second-order valence-corrected chi connectivity index (χ2v) is 4.48. The Morgan fingerprint density at radius 3 is 3.00 bits per heavy atom. The van der Waals surface area contributed by atoms with Crippen LogP contribution in [-0.2, 0) is 6.42 Å². The number of hydrogen-bond acceptors (Lipinski definition) is 2. The fraction of sp³-hybridized carbons (Fsp3) is 0.538. The molecule has 2 nitrogen and oxygen atoms in total. The Balaban J connectivity index is 2.03. The summed E-state index contributed by atoms with van der Waals surface area (Å²) in [5.74, 6) is 0.648. The topological polar surface area (TPSA) is 33.4 Å². The van der Waals surface area contributed by atoms with Gasteiger partial charge in [0.25, 0.3) is 0 Å². The van der Waals surface area contributed by atoms with Gasteiger partial charge in [-0.15, -0.1) is 0 Å². The van der Waals surface area contributed by atoms with E-state index in [9.17, 15) is 5.11 Å². The first kappa shape index (κ1) is 10.5. The Morgan fingerprint density at radius 2 is 2.47 bits per heavy atom. The molecular weight excluding hydrogens is 188 g/mol. The van der Waals surface area contributed by atoms with Gasteiger partial charge >= 0.3 is 0 Å². The molecule has 1 N–H and O–H groups in total. The molecule has 2 unspecified atom stereocenters. The van der Waals surface area contributed by atoms with E-state index in [-0.39, 0.29) is 0 Å². The lowest BCUT2D eigenvalue weighted by Gasteiger charge is -2.30. The molecule has 1 heterocycles. The van der Waals surface area contributed by atoms with Crippen LogP contribution in [0.1, 0.15) is 31.7 Å². The standard InChI is InChI=1S/C13H18O2/c1-2-11-3-6-13(14,7-4-11)9-12-5-8-15-10-12/h3,5-6,8,10-11,14H,2,4,7,9H2,1H3. The number of rotatable bonds is 3. The zero-order valence-electron chi connectivity index (χ0n) is 9.15. The molecule has 1 aromatic heterocycles. The second kappa shape index (κ2) is 4.23. The van der Waals surface area contributed by atoms with Gasteiger partial charge in [-0.05, 0) is 36.8 Å². The molecule has 1 aliphatic carbocycles. The first-order valence-corrected chi connectivity index (χ1v) is 5.65. The molecule has 82 valence electrons. The number of aliphatic hydroxyl groups is 1. The van der Waals surface area contributed by atoms with E-state index in [1.54, 1.807) is 12.5 Å². The van der Waals surface area contributed by atoms with Gasteiger partial charge in [0, 0.05) is 6.42 Å². The molecule has 0 saturated carbocycles. The maximum absolute atomic E-state index is 10.3. The van der Waals surface area contributed by atoms with E-state index in [2.05, 4.69) is 13.0 Å². The van der Waals surface area contributed by atoms with Crippen LogP contribution in [-0.4, -0.2) is 10.7 Å². The third-order valence-electron chi connectivity index (χ3n) is 3.24. The highest BCUT2D eigenvalue weighted by atomic mass is 16.3. The third-order valence-corrected chi connectivity index (χ3v) is 3.24. The number of allylic oxidation sites excluding steroid dienone is 1. The quantitative estimate of drug-likeness (QED) is 0.771. The Labute approximate surface area is 90.6 Å². The number of furan rings is 1. The Morgan fingerprint density at radius 1 is 1.60 bits per heavy atom. The molecule has 2 heteroatoms. The minimum atomic E-state index is -0.657. The van der Waals surface area contributed by atoms with Gasteiger partial charge in [0.15, 0.2) is 0 Å². The molecule has 0 aliphatic heterocycles. The van der Waals surface area contributed by atoms with Crippen LogP contribution < -0.4 is 0 Å². The molecule has 0 bridgehead atoms. The van der Waals surface area contributed by atoms with Crippen molar-refractivity contribution < 1.29 is 9.52 Å². The van der Waals surface area contributed by atoms with Crippen molar-refractivity contribution in [3.63, 3.8) is 0 Å². The molecule has 0 aromatic carbocycles. The average Bonchev–Trinajstić information content (AvgIpc) is 2.71. The SMILES string of the molecule is CCC1C=CC(O)(Cc2ccoc2)CC1. The van der Waals surface area contributed by atoms with Crippen LogP contribution in [0.25, 0.3) is 0 Å². The maximum Gasteiger partial charge on any atom is 0.0935 e. The molecule has 2 atom stereocenters. The predicted molar refractivity (Wildman–Crippen MR) is 59.5 cm³/mol. The van der Waals surface area contributed by atoms with E-state index >= 15 is 0 Å². The van der Waals surface area contributed by atoms with Crippen LogP contribution in [0.3, 0.4) is 0 Å². The molecule has 0 fully saturated rings. The van der Waals surface area contributed by atoms with E-state index < -0.39 is 5.60 Å². The van der Waals surface area contributed by atoms with E-state index in [0.717, 1.165) is 24.8 Å². The summed E-state index contributed by atoms with van der Waals surface area (Å²) in [6.07, 6.45) is 11.3.